The molecule has 0 spiro atoms. The molecule has 1 fully saturated rings. The number of benzene rings is 1. The van der Waals surface area contributed by atoms with Gasteiger partial charge >= 0.3 is 0 Å². The molecule has 1 heterocycles. The van der Waals surface area contributed by atoms with Crippen LogP contribution in [0.15, 0.2) is 30.3 Å². The first-order valence-corrected chi connectivity index (χ1v) is 5.68. The van der Waals surface area contributed by atoms with Crippen molar-refractivity contribution in [1.29, 1.82) is 5.41 Å². The van der Waals surface area contributed by atoms with Gasteiger partial charge in [0.2, 0.25) is 0 Å². The van der Waals surface area contributed by atoms with E-state index in [-0.39, 0.29) is 0 Å². The van der Waals surface area contributed by atoms with Crippen molar-refractivity contribution in [2.75, 3.05) is 13.1 Å². The zero-order chi connectivity index (χ0) is 10.5. The zero-order valence-electron chi connectivity index (χ0n) is 9.00. The van der Waals surface area contributed by atoms with Crippen LogP contribution < -0.4 is 5.32 Å². The number of hydrogen-bond donors (Lipinski definition) is 2. The molecular weight excluding hydrogens is 184 g/mol. The van der Waals surface area contributed by atoms with Gasteiger partial charge in [-0.15, -0.1) is 0 Å². The second-order valence-corrected chi connectivity index (χ2v) is 4.21. The van der Waals surface area contributed by atoms with Crippen LogP contribution in [0, 0.1) is 11.3 Å². The van der Waals surface area contributed by atoms with Crippen LogP contribution in [0.3, 0.4) is 0 Å². The highest BCUT2D eigenvalue weighted by Crippen LogP contribution is 2.15. The Labute approximate surface area is 91.2 Å². The van der Waals surface area contributed by atoms with Gasteiger partial charge in [-0.1, -0.05) is 30.3 Å². The molecule has 0 atom stereocenters. The molecule has 2 rings (SSSR count). The van der Waals surface area contributed by atoms with E-state index >= 15 is 0 Å². The van der Waals surface area contributed by atoms with Gasteiger partial charge in [-0.2, -0.15) is 0 Å². The Morgan fingerprint density at radius 1 is 1.20 bits per heavy atom. The van der Waals surface area contributed by atoms with Crippen LogP contribution in [0.5, 0.6) is 0 Å². The minimum atomic E-state index is 0.506. The molecule has 15 heavy (non-hydrogen) atoms. The van der Waals surface area contributed by atoms with Crippen LogP contribution in [0.2, 0.25) is 0 Å². The molecule has 0 amide bonds. The maximum atomic E-state index is 8.09. The smallest absolute Gasteiger partial charge is 0.0165 e. The fourth-order valence-corrected chi connectivity index (χ4v) is 2.13. The summed E-state index contributed by atoms with van der Waals surface area (Å²) in [4.78, 5) is 0. The Morgan fingerprint density at radius 2 is 1.87 bits per heavy atom. The molecule has 0 saturated carbocycles. The molecule has 1 aromatic carbocycles. The Bertz CT molecular complexity index is 313. The normalized spacial score (nSPS) is 17.6. The van der Waals surface area contributed by atoms with E-state index in [1.807, 2.05) is 18.2 Å². The largest absolute Gasteiger partial charge is 0.317 e. The van der Waals surface area contributed by atoms with Gasteiger partial charge < -0.3 is 10.7 Å². The Hall–Kier alpha value is -1.15. The average molecular weight is 202 g/mol. The molecule has 2 heteroatoms. The number of rotatable bonds is 3. The summed E-state index contributed by atoms with van der Waals surface area (Å²) in [6, 6.07) is 10.3. The van der Waals surface area contributed by atoms with Gasteiger partial charge in [0.25, 0.3) is 0 Å². The highest BCUT2D eigenvalue weighted by atomic mass is 14.9. The van der Waals surface area contributed by atoms with Crippen molar-refractivity contribution >= 4 is 5.71 Å². The van der Waals surface area contributed by atoms with Crippen molar-refractivity contribution in [3.8, 4) is 0 Å². The molecule has 1 saturated heterocycles. The lowest BCUT2D eigenvalue weighted by atomic mass is 9.89. The third-order valence-corrected chi connectivity index (χ3v) is 3.07. The molecule has 80 valence electrons. The molecule has 0 aromatic heterocycles. The maximum Gasteiger partial charge on any atom is 0.0165 e. The standard InChI is InChI=1S/C13H18N2/c14-13(12-6-8-15-9-7-12)10-11-4-2-1-3-5-11/h1-5,12,14-15H,6-10H2. The maximum absolute atomic E-state index is 8.09. The summed E-state index contributed by atoms with van der Waals surface area (Å²) in [6.07, 6.45) is 3.09. The van der Waals surface area contributed by atoms with Gasteiger partial charge in [-0.05, 0) is 37.4 Å². The van der Waals surface area contributed by atoms with Crippen LogP contribution in [0.25, 0.3) is 0 Å². The molecule has 0 bridgehead atoms. The Kier molecular flexibility index (Phi) is 3.51. The molecule has 2 nitrogen and oxygen atoms in total. The fraction of sp³-hybridized carbons (Fsp3) is 0.462. The lowest BCUT2D eigenvalue weighted by Gasteiger charge is -2.23. The third-order valence-electron chi connectivity index (χ3n) is 3.07. The summed E-state index contributed by atoms with van der Waals surface area (Å²) < 4.78 is 0. The molecule has 0 unspecified atom stereocenters. The molecule has 1 aliphatic rings. The van der Waals surface area contributed by atoms with Crippen molar-refractivity contribution < 1.29 is 0 Å². The van der Waals surface area contributed by atoms with Crippen molar-refractivity contribution in [2.24, 2.45) is 5.92 Å². The number of piperidine rings is 1. The van der Waals surface area contributed by atoms with E-state index in [2.05, 4.69) is 17.4 Å². The first-order chi connectivity index (χ1) is 7.36. The first kappa shape index (κ1) is 10.4. The molecule has 0 aliphatic carbocycles. The Balaban J connectivity index is 1.91. The Morgan fingerprint density at radius 3 is 2.53 bits per heavy atom. The zero-order valence-corrected chi connectivity index (χ0v) is 9.00. The molecule has 2 N–H and O–H groups in total. The second-order valence-electron chi connectivity index (χ2n) is 4.21. The summed E-state index contributed by atoms with van der Waals surface area (Å²) in [7, 11) is 0. The van der Waals surface area contributed by atoms with E-state index in [1.54, 1.807) is 0 Å². The molecular formula is C13H18N2. The van der Waals surface area contributed by atoms with E-state index in [4.69, 9.17) is 5.41 Å². The van der Waals surface area contributed by atoms with Gasteiger partial charge in [-0.25, -0.2) is 0 Å². The van der Waals surface area contributed by atoms with Gasteiger partial charge in [-0.3, -0.25) is 0 Å². The predicted molar refractivity (Wildman–Crippen MR) is 63.5 cm³/mol. The van der Waals surface area contributed by atoms with E-state index < -0.39 is 0 Å². The topological polar surface area (TPSA) is 35.9 Å². The predicted octanol–water partition coefficient (Wildman–Crippen LogP) is 2.25. The van der Waals surface area contributed by atoms with Crippen LogP contribution in [-0.2, 0) is 6.42 Å². The van der Waals surface area contributed by atoms with Crippen molar-refractivity contribution in [2.45, 2.75) is 19.3 Å². The van der Waals surface area contributed by atoms with Gasteiger partial charge in [0.05, 0.1) is 0 Å². The second kappa shape index (κ2) is 5.08. The van der Waals surface area contributed by atoms with E-state index in [0.717, 1.165) is 38.1 Å². The van der Waals surface area contributed by atoms with Crippen molar-refractivity contribution in [3.05, 3.63) is 35.9 Å². The van der Waals surface area contributed by atoms with Crippen LogP contribution >= 0.6 is 0 Å². The average Bonchev–Trinajstić information content (AvgIpc) is 2.31. The molecule has 1 aromatic rings. The van der Waals surface area contributed by atoms with E-state index in [9.17, 15) is 0 Å². The highest BCUT2D eigenvalue weighted by molar-refractivity contribution is 5.86. The van der Waals surface area contributed by atoms with Crippen LogP contribution in [-0.4, -0.2) is 18.8 Å². The van der Waals surface area contributed by atoms with Gasteiger partial charge in [0.1, 0.15) is 0 Å². The highest BCUT2D eigenvalue weighted by Gasteiger charge is 2.17. The SMILES string of the molecule is N=C(Cc1ccccc1)C1CCNCC1. The summed E-state index contributed by atoms with van der Waals surface area (Å²) in [6.45, 7) is 2.14. The van der Waals surface area contributed by atoms with Crippen molar-refractivity contribution in [1.82, 2.24) is 5.32 Å². The first-order valence-electron chi connectivity index (χ1n) is 5.68. The third kappa shape index (κ3) is 2.90. The quantitative estimate of drug-likeness (QED) is 0.725. The number of hydrogen-bond acceptors (Lipinski definition) is 2. The van der Waals surface area contributed by atoms with Gasteiger partial charge in [0, 0.05) is 12.1 Å². The summed E-state index contributed by atoms with van der Waals surface area (Å²) >= 11 is 0. The van der Waals surface area contributed by atoms with Gasteiger partial charge in [0.15, 0.2) is 0 Å². The minimum absolute atomic E-state index is 0.506. The number of nitrogens with one attached hydrogen (secondary N) is 2. The summed E-state index contributed by atoms with van der Waals surface area (Å²) in [5, 5.41) is 11.4. The van der Waals surface area contributed by atoms with E-state index in [0.29, 0.717) is 5.92 Å². The lowest BCUT2D eigenvalue weighted by Crippen LogP contribution is -2.32. The van der Waals surface area contributed by atoms with Crippen LogP contribution in [0.4, 0.5) is 0 Å². The van der Waals surface area contributed by atoms with E-state index in [1.165, 1.54) is 5.56 Å². The summed E-state index contributed by atoms with van der Waals surface area (Å²) in [5.41, 5.74) is 2.17. The summed E-state index contributed by atoms with van der Waals surface area (Å²) in [5.74, 6) is 0.506. The van der Waals surface area contributed by atoms with Crippen LogP contribution in [0.1, 0.15) is 18.4 Å². The molecule has 0 radical (unpaired) electrons. The molecule has 1 aliphatic heterocycles. The van der Waals surface area contributed by atoms with Crippen molar-refractivity contribution in [3.63, 3.8) is 0 Å². The lowest BCUT2D eigenvalue weighted by molar-refractivity contribution is 0.452. The fourth-order valence-electron chi connectivity index (χ4n) is 2.13. The monoisotopic (exact) mass is 202 g/mol. The minimum Gasteiger partial charge on any atom is -0.317 e.